The highest BCUT2D eigenvalue weighted by molar-refractivity contribution is 5.89. The molecule has 2 bridgehead atoms. The molecule has 0 amide bonds. The third-order valence-corrected chi connectivity index (χ3v) is 8.40. The van der Waals surface area contributed by atoms with Crippen molar-refractivity contribution in [2.24, 2.45) is 5.41 Å². The summed E-state index contributed by atoms with van der Waals surface area (Å²) in [5.74, 6) is -0.328. The van der Waals surface area contributed by atoms with E-state index in [1.165, 1.54) is 20.3 Å². The van der Waals surface area contributed by atoms with Gasteiger partial charge >= 0.3 is 11.9 Å². The lowest BCUT2D eigenvalue weighted by Gasteiger charge is -2.50. The van der Waals surface area contributed by atoms with Gasteiger partial charge in [0.2, 0.25) is 5.72 Å². The number of carbonyl (C=O) groups excluding carboxylic acids is 2. The number of fused-ring (bicyclic) bond motifs is 4. The Hall–Kier alpha value is -3.78. The fourth-order valence-electron chi connectivity index (χ4n) is 6.45. The van der Waals surface area contributed by atoms with Gasteiger partial charge in [0.1, 0.15) is 11.9 Å². The number of esters is 2. The maximum absolute atomic E-state index is 13.4. The maximum atomic E-state index is 13.4. The Morgan fingerprint density at radius 1 is 1.05 bits per heavy atom. The summed E-state index contributed by atoms with van der Waals surface area (Å²) in [6.45, 7) is 3.44. The molecule has 3 heterocycles. The van der Waals surface area contributed by atoms with Crippen LogP contribution in [0.15, 0.2) is 66.9 Å². The molecule has 39 heavy (non-hydrogen) atoms. The van der Waals surface area contributed by atoms with Crippen LogP contribution in [0.1, 0.15) is 50.0 Å². The van der Waals surface area contributed by atoms with Gasteiger partial charge in [0.15, 0.2) is 0 Å². The Balaban J connectivity index is 1.75. The summed E-state index contributed by atoms with van der Waals surface area (Å²) >= 11 is 0. The molecule has 0 fully saturated rings. The smallest absolute Gasteiger partial charge is 0.359 e. The van der Waals surface area contributed by atoms with E-state index in [1.54, 1.807) is 10.8 Å². The largest absolute Gasteiger partial charge is 0.484 e. The van der Waals surface area contributed by atoms with Crippen LogP contribution in [0.4, 0.5) is 0 Å². The quantitative estimate of drug-likeness (QED) is 0.363. The highest BCUT2D eigenvalue weighted by Gasteiger charge is 2.58. The van der Waals surface area contributed by atoms with Gasteiger partial charge in [0.25, 0.3) is 0 Å². The highest BCUT2D eigenvalue weighted by atomic mass is 16.5. The first-order valence-electron chi connectivity index (χ1n) is 13.5. The Kier molecular flexibility index (Phi) is 7.40. The van der Waals surface area contributed by atoms with Crippen molar-refractivity contribution in [1.29, 1.82) is 0 Å². The van der Waals surface area contributed by atoms with Crippen LogP contribution in [-0.2, 0) is 31.2 Å². The number of aromatic nitrogens is 1. The number of nitrogens with zero attached hydrogens (tertiary/aromatic N) is 2. The van der Waals surface area contributed by atoms with Crippen molar-refractivity contribution < 1.29 is 28.9 Å². The second kappa shape index (κ2) is 10.8. The SMILES string of the molecule is CCC12CCCN(/C=C/C(=O)OC)CCc3c(n(c4ccccc34)C(O)(C(=O)OC)C1)C2Oc1ccccc1. The zero-order valence-corrected chi connectivity index (χ0v) is 22.8. The number of aliphatic hydroxyl groups is 1. The van der Waals surface area contributed by atoms with E-state index in [9.17, 15) is 14.7 Å². The molecular weight excluding hydrogens is 496 g/mol. The predicted octanol–water partition coefficient (Wildman–Crippen LogP) is 4.70. The van der Waals surface area contributed by atoms with Gasteiger partial charge in [-0.1, -0.05) is 43.3 Å². The number of hydrogen-bond donors (Lipinski definition) is 1. The monoisotopic (exact) mass is 532 g/mol. The zero-order valence-electron chi connectivity index (χ0n) is 22.8. The molecule has 3 atom stereocenters. The summed E-state index contributed by atoms with van der Waals surface area (Å²) in [5, 5.41) is 13.2. The third kappa shape index (κ3) is 4.67. The van der Waals surface area contributed by atoms with Gasteiger partial charge in [-0.3, -0.25) is 0 Å². The van der Waals surface area contributed by atoms with E-state index in [1.807, 2.05) is 54.6 Å². The molecule has 8 heteroatoms. The van der Waals surface area contributed by atoms with Crippen LogP contribution >= 0.6 is 0 Å². The van der Waals surface area contributed by atoms with Crippen molar-refractivity contribution in [2.75, 3.05) is 27.3 Å². The molecular formula is C31H36N2O6. The number of benzene rings is 2. The van der Waals surface area contributed by atoms with Gasteiger partial charge in [0, 0.05) is 42.6 Å². The third-order valence-electron chi connectivity index (χ3n) is 8.40. The molecule has 2 aromatic carbocycles. The van der Waals surface area contributed by atoms with Crippen LogP contribution < -0.4 is 4.74 Å². The van der Waals surface area contributed by atoms with E-state index >= 15 is 0 Å². The molecule has 3 aromatic rings. The number of ether oxygens (including phenoxy) is 3. The molecule has 0 saturated heterocycles. The van der Waals surface area contributed by atoms with E-state index in [0.29, 0.717) is 32.4 Å². The summed E-state index contributed by atoms with van der Waals surface area (Å²) in [5.41, 5.74) is 0.146. The molecule has 0 aliphatic carbocycles. The van der Waals surface area contributed by atoms with Gasteiger partial charge in [0.05, 0.1) is 25.4 Å². The summed E-state index contributed by atoms with van der Waals surface area (Å²) in [6.07, 6.45) is 5.80. The van der Waals surface area contributed by atoms with Crippen LogP contribution in [0, 0.1) is 5.41 Å². The average Bonchev–Trinajstić information content (AvgIpc) is 3.30. The van der Waals surface area contributed by atoms with Crippen molar-refractivity contribution in [3.8, 4) is 5.75 Å². The Labute approximate surface area is 228 Å². The fraction of sp³-hybridized carbons (Fsp3) is 0.419. The lowest BCUT2D eigenvalue weighted by atomic mass is 9.66. The van der Waals surface area contributed by atoms with E-state index in [2.05, 4.69) is 11.8 Å². The molecule has 1 aromatic heterocycles. The molecule has 1 N–H and O–H groups in total. The van der Waals surface area contributed by atoms with E-state index in [-0.39, 0.29) is 6.42 Å². The van der Waals surface area contributed by atoms with Crippen LogP contribution in [0.2, 0.25) is 0 Å². The first-order valence-corrected chi connectivity index (χ1v) is 13.5. The molecule has 3 unspecified atom stereocenters. The minimum atomic E-state index is -1.88. The van der Waals surface area contributed by atoms with Crippen LogP contribution in [0.25, 0.3) is 10.9 Å². The Bertz CT molecular complexity index is 1380. The van der Waals surface area contributed by atoms with Crippen molar-refractivity contribution >= 4 is 22.8 Å². The van der Waals surface area contributed by atoms with Crippen LogP contribution in [0.5, 0.6) is 5.75 Å². The molecule has 0 radical (unpaired) electrons. The minimum absolute atomic E-state index is 0.157. The molecule has 0 spiro atoms. The van der Waals surface area contributed by atoms with Gasteiger partial charge in [-0.05, 0) is 49.4 Å². The predicted molar refractivity (Wildman–Crippen MR) is 147 cm³/mol. The second-order valence-electron chi connectivity index (χ2n) is 10.5. The number of carbonyl (C=O) groups is 2. The Morgan fingerprint density at radius 2 is 1.79 bits per heavy atom. The lowest BCUT2D eigenvalue weighted by Crippen LogP contribution is -2.55. The van der Waals surface area contributed by atoms with Crippen molar-refractivity contribution in [1.82, 2.24) is 9.47 Å². The molecule has 8 nitrogen and oxygen atoms in total. The number of rotatable bonds is 6. The first kappa shape index (κ1) is 26.8. The maximum Gasteiger partial charge on any atom is 0.359 e. The van der Waals surface area contributed by atoms with Crippen LogP contribution in [0.3, 0.4) is 0 Å². The molecule has 0 saturated carbocycles. The molecule has 2 aliphatic rings. The van der Waals surface area contributed by atoms with Gasteiger partial charge < -0.3 is 28.8 Å². The highest BCUT2D eigenvalue weighted by Crippen LogP contribution is 2.57. The number of methoxy groups -OCH3 is 2. The number of hydrogen-bond acceptors (Lipinski definition) is 7. The topological polar surface area (TPSA) is 90.2 Å². The lowest BCUT2D eigenvalue weighted by molar-refractivity contribution is -0.192. The zero-order chi connectivity index (χ0) is 27.6. The average molecular weight is 533 g/mol. The second-order valence-corrected chi connectivity index (χ2v) is 10.5. The minimum Gasteiger partial charge on any atom is -0.484 e. The molecule has 2 aliphatic heterocycles. The standard InChI is InChI=1S/C31H36N2O6/c1-4-30-17-10-18-32(20-16-26(34)37-2)19-15-24-23-13-8-9-14-25(23)33(31(36,21-30)29(35)38-3)27(24)28(30)39-22-11-6-5-7-12-22/h5-9,11-14,16,20,28,36H,4,10,15,17-19,21H2,1-3H3/b20-16+. The van der Waals surface area contributed by atoms with E-state index in [0.717, 1.165) is 34.3 Å². The van der Waals surface area contributed by atoms with Crippen LogP contribution in [-0.4, -0.2) is 53.8 Å². The van der Waals surface area contributed by atoms with E-state index < -0.39 is 29.2 Å². The summed E-state index contributed by atoms with van der Waals surface area (Å²) in [6, 6.07) is 17.6. The first-order chi connectivity index (χ1) is 18.9. The van der Waals surface area contributed by atoms with Crippen molar-refractivity contribution in [2.45, 2.75) is 50.9 Å². The molecule has 206 valence electrons. The Morgan fingerprint density at radius 3 is 2.51 bits per heavy atom. The molecule has 5 rings (SSSR count). The van der Waals surface area contributed by atoms with Crippen molar-refractivity contribution in [3.05, 3.63) is 78.1 Å². The number of para-hydroxylation sites is 2. The van der Waals surface area contributed by atoms with Gasteiger partial charge in [-0.2, -0.15) is 0 Å². The van der Waals surface area contributed by atoms with E-state index in [4.69, 9.17) is 14.2 Å². The summed E-state index contributed by atoms with van der Waals surface area (Å²) in [4.78, 5) is 27.3. The summed E-state index contributed by atoms with van der Waals surface area (Å²) in [7, 11) is 2.69. The fourth-order valence-corrected chi connectivity index (χ4v) is 6.45. The van der Waals surface area contributed by atoms with Gasteiger partial charge in [-0.15, -0.1) is 0 Å². The van der Waals surface area contributed by atoms with Gasteiger partial charge in [-0.25, -0.2) is 9.59 Å². The normalized spacial score (nSPS) is 24.9. The summed E-state index contributed by atoms with van der Waals surface area (Å²) < 4.78 is 18.6. The van der Waals surface area contributed by atoms with Crippen molar-refractivity contribution in [3.63, 3.8) is 0 Å².